The van der Waals surface area contributed by atoms with E-state index in [0.29, 0.717) is 12.1 Å². The van der Waals surface area contributed by atoms with Gasteiger partial charge >= 0.3 is 0 Å². The molecule has 14 heavy (non-hydrogen) atoms. The average molecular weight is 190 g/mol. The van der Waals surface area contributed by atoms with Gasteiger partial charge in [0.1, 0.15) is 0 Å². The van der Waals surface area contributed by atoms with Gasteiger partial charge in [0.05, 0.1) is 0 Å². The van der Waals surface area contributed by atoms with Crippen LogP contribution in [-0.2, 0) is 0 Å². The van der Waals surface area contributed by atoms with Crippen molar-refractivity contribution in [3.8, 4) is 0 Å². The van der Waals surface area contributed by atoms with E-state index in [4.69, 9.17) is 0 Å². The summed E-state index contributed by atoms with van der Waals surface area (Å²) in [5.41, 5.74) is 2.72. The molecule has 1 atom stereocenters. The fourth-order valence-electron chi connectivity index (χ4n) is 1.80. The Morgan fingerprint density at radius 1 is 1.43 bits per heavy atom. The van der Waals surface area contributed by atoms with Crippen LogP contribution in [0.1, 0.15) is 24.1 Å². The second-order valence-corrected chi connectivity index (χ2v) is 4.16. The number of hydrogen-bond donors (Lipinski definition) is 2. The van der Waals surface area contributed by atoms with Crippen LogP contribution in [0.15, 0.2) is 24.3 Å². The van der Waals surface area contributed by atoms with E-state index in [1.165, 1.54) is 11.1 Å². The third-order valence-corrected chi connectivity index (χ3v) is 2.81. The van der Waals surface area contributed by atoms with Crippen LogP contribution >= 0.6 is 0 Å². The summed E-state index contributed by atoms with van der Waals surface area (Å²) in [5, 5.41) is 6.86. The van der Waals surface area contributed by atoms with Gasteiger partial charge in [-0.25, -0.2) is 0 Å². The predicted octanol–water partition coefficient (Wildman–Crippen LogP) is 1.62. The molecule has 0 radical (unpaired) electrons. The minimum Gasteiger partial charge on any atom is -0.314 e. The SMILES string of the molecule is Cc1cccc([C@H](C)NC2CNC2)c1. The van der Waals surface area contributed by atoms with Gasteiger partial charge in [-0.05, 0) is 19.4 Å². The molecule has 0 saturated carbocycles. The Kier molecular flexibility index (Phi) is 2.85. The van der Waals surface area contributed by atoms with Crippen LogP contribution in [0.25, 0.3) is 0 Å². The molecule has 2 N–H and O–H groups in total. The summed E-state index contributed by atoms with van der Waals surface area (Å²) >= 11 is 0. The number of nitrogens with one attached hydrogen (secondary N) is 2. The first-order valence-electron chi connectivity index (χ1n) is 5.29. The highest BCUT2D eigenvalue weighted by Gasteiger charge is 2.18. The lowest BCUT2D eigenvalue weighted by Gasteiger charge is -2.31. The quantitative estimate of drug-likeness (QED) is 0.757. The van der Waals surface area contributed by atoms with Crippen molar-refractivity contribution in [2.24, 2.45) is 0 Å². The maximum absolute atomic E-state index is 3.60. The molecule has 0 aliphatic carbocycles. The second-order valence-electron chi connectivity index (χ2n) is 4.16. The summed E-state index contributed by atoms with van der Waals surface area (Å²) < 4.78 is 0. The molecule has 2 heteroatoms. The summed E-state index contributed by atoms with van der Waals surface area (Å²) in [6.07, 6.45) is 0. The van der Waals surface area contributed by atoms with Crippen molar-refractivity contribution < 1.29 is 0 Å². The van der Waals surface area contributed by atoms with Crippen molar-refractivity contribution in [1.82, 2.24) is 10.6 Å². The molecule has 0 bridgehead atoms. The maximum Gasteiger partial charge on any atom is 0.0322 e. The minimum absolute atomic E-state index is 0.460. The Morgan fingerprint density at radius 3 is 2.79 bits per heavy atom. The molecule has 1 aromatic carbocycles. The first kappa shape index (κ1) is 9.69. The molecule has 76 valence electrons. The van der Waals surface area contributed by atoms with Crippen molar-refractivity contribution in [1.29, 1.82) is 0 Å². The average Bonchev–Trinajstić information content (AvgIpc) is 2.11. The van der Waals surface area contributed by atoms with Crippen molar-refractivity contribution in [2.45, 2.75) is 25.9 Å². The summed E-state index contributed by atoms with van der Waals surface area (Å²) in [5.74, 6) is 0. The molecular formula is C12H18N2. The van der Waals surface area contributed by atoms with Crippen LogP contribution in [0.5, 0.6) is 0 Å². The van der Waals surface area contributed by atoms with Gasteiger partial charge in [0.2, 0.25) is 0 Å². The van der Waals surface area contributed by atoms with Crippen LogP contribution in [-0.4, -0.2) is 19.1 Å². The number of rotatable bonds is 3. The first-order chi connectivity index (χ1) is 6.75. The van der Waals surface area contributed by atoms with Gasteiger partial charge in [0, 0.05) is 25.2 Å². The number of hydrogen-bond acceptors (Lipinski definition) is 2. The highest BCUT2D eigenvalue weighted by atomic mass is 15.1. The van der Waals surface area contributed by atoms with E-state index in [-0.39, 0.29) is 0 Å². The number of benzene rings is 1. The van der Waals surface area contributed by atoms with Gasteiger partial charge < -0.3 is 10.6 Å². The van der Waals surface area contributed by atoms with Crippen LogP contribution < -0.4 is 10.6 Å². The lowest BCUT2D eigenvalue weighted by atomic mass is 10.0. The topological polar surface area (TPSA) is 24.1 Å². The van der Waals surface area contributed by atoms with E-state index in [9.17, 15) is 0 Å². The zero-order valence-corrected chi connectivity index (χ0v) is 8.88. The van der Waals surface area contributed by atoms with Crippen LogP contribution in [0.2, 0.25) is 0 Å². The molecule has 0 amide bonds. The summed E-state index contributed by atoms with van der Waals surface area (Å²) in [7, 11) is 0. The van der Waals surface area contributed by atoms with Gasteiger partial charge in [-0.15, -0.1) is 0 Å². The van der Waals surface area contributed by atoms with Gasteiger partial charge in [0.15, 0.2) is 0 Å². The third-order valence-electron chi connectivity index (χ3n) is 2.81. The van der Waals surface area contributed by atoms with Gasteiger partial charge in [-0.2, -0.15) is 0 Å². The molecule has 2 rings (SSSR count). The fraction of sp³-hybridized carbons (Fsp3) is 0.500. The Morgan fingerprint density at radius 2 is 2.21 bits per heavy atom. The summed E-state index contributed by atoms with van der Waals surface area (Å²) in [4.78, 5) is 0. The molecule has 1 aromatic rings. The van der Waals surface area contributed by atoms with E-state index in [0.717, 1.165) is 13.1 Å². The van der Waals surface area contributed by atoms with E-state index in [2.05, 4.69) is 48.7 Å². The zero-order valence-electron chi connectivity index (χ0n) is 8.88. The van der Waals surface area contributed by atoms with Crippen LogP contribution in [0, 0.1) is 6.92 Å². The fourth-order valence-corrected chi connectivity index (χ4v) is 1.80. The number of aryl methyl sites for hydroxylation is 1. The molecule has 0 unspecified atom stereocenters. The zero-order chi connectivity index (χ0) is 9.97. The van der Waals surface area contributed by atoms with Crippen molar-refractivity contribution in [2.75, 3.05) is 13.1 Å². The Bertz CT molecular complexity index is 305. The molecule has 2 nitrogen and oxygen atoms in total. The third kappa shape index (κ3) is 2.14. The largest absolute Gasteiger partial charge is 0.314 e. The van der Waals surface area contributed by atoms with E-state index in [1.54, 1.807) is 0 Å². The van der Waals surface area contributed by atoms with Crippen molar-refractivity contribution in [3.63, 3.8) is 0 Å². The smallest absolute Gasteiger partial charge is 0.0322 e. The van der Waals surface area contributed by atoms with Crippen molar-refractivity contribution >= 4 is 0 Å². The second kappa shape index (κ2) is 4.11. The van der Waals surface area contributed by atoms with E-state index < -0.39 is 0 Å². The molecular weight excluding hydrogens is 172 g/mol. The molecule has 0 aromatic heterocycles. The molecule has 1 fully saturated rings. The standard InChI is InChI=1S/C12H18N2/c1-9-4-3-5-11(6-9)10(2)14-12-7-13-8-12/h3-6,10,12-14H,7-8H2,1-2H3/t10-/m0/s1. The molecule has 0 spiro atoms. The highest BCUT2D eigenvalue weighted by molar-refractivity contribution is 5.24. The highest BCUT2D eigenvalue weighted by Crippen LogP contribution is 2.14. The summed E-state index contributed by atoms with van der Waals surface area (Å²) in [6, 6.07) is 9.83. The van der Waals surface area contributed by atoms with Crippen molar-refractivity contribution in [3.05, 3.63) is 35.4 Å². The Hall–Kier alpha value is -0.860. The van der Waals surface area contributed by atoms with Gasteiger partial charge in [-0.3, -0.25) is 0 Å². The maximum atomic E-state index is 3.60. The van der Waals surface area contributed by atoms with Gasteiger partial charge in [0.25, 0.3) is 0 Å². The first-order valence-corrected chi connectivity index (χ1v) is 5.29. The molecule has 1 heterocycles. The lowest BCUT2D eigenvalue weighted by Crippen LogP contribution is -2.55. The molecule has 1 aliphatic rings. The molecule has 1 aliphatic heterocycles. The Balaban J connectivity index is 1.98. The molecule has 1 saturated heterocycles. The minimum atomic E-state index is 0.460. The normalized spacial score (nSPS) is 19.0. The van der Waals surface area contributed by atoms with E-state index in [1.807, 2.05) is 0 Å². The monoisotopic (exact) mass is 190 g/mol. The van der Waals surface area contributed by atoms with E-state index >= 15 is 0 Å². The van der Waals surface area contributed by atoms with Crippen LogP contribution in [0.4, 0.5) is 0 Å². The Labute approximate surface area is 85.7 Å². The summed E-state index contributed by atoms with van der Waals surface area (Å²) in [6.45, 7) is 6.58. The van der Waals surface area contributed by atoms with Crippen LogP contribution in [0.3, 0.4) is 0 Å². The lowest BCUT2D eigenvalue weighted by molar-refractivity contribution is 0.338. The van der Waals surface area contributed by atoms with Gasteiger partial charge in [-0.1, -0.05) is 29.8 Å². The predicted molar refractivity (Wildman–Crippen MR) is 59.4 cm³/mol.